The summed E-state index contributed by atoms with van der Waals surface area (Å²) in [5, 5.41) is 10.9. The number of non-ortho nitro benzene ring substituents is 1. The second-order valence-corrected chi connectivity index (χ2v) is 9.00. The van der Waals surface area contributed by atoms with Gasteiger partial charge < -0.3 is 0 Å². The molecule has 0 N–H and O–H groups in total. The summed E-state index contributed by atoms with van der Waals surface area (Å²) in [5.41, 5.74) is 1.98. The predicted octanol–water partition coefficient (Wildman–Crippen LogP) is 2.52. The van der Waals surface area contributed by atoms with Crippen molar-refractivity contribution in [3.05, 3.63) is 64.2 Å². The number of aryl methyl sites for hydroxylation is 1. The molecule has 2 amide bonds. The number of sulfone groups is 1. The van der Waals surface area contributed by atoms with Crippen LogP contribution in [0.25, 0.3) is 0 Å². The highest BCUT2D eigenvalue weighted by Gasteiger charge is 2.54. The fourth-order valence-electron chi connectivity index (χ4n) is 3.82. The lowest BCUT2D eigenvalue weighted by atomic mass is 10.1. The first-order valence-corrected chi connectivity index (χ1v) is 10.2. The molecule has 0 aromatic heterocycles. The SMILES string of the molecule is Cc1cccc(N2C(=O)N(c3ccc([N+](=O)[O-])cc3)[C@H]3CS(=O)(=O)C[C@@H]32)c1. The zero-order valence-electron chi connectivity index (χ0n) is 14.5. The van der Waals surface area contributed by atoms with Crippen molar-refractivity contribution in [1.82, 2.24) is 0 Å². The first-order valence-electron chi connectivity index (χ1n) is 8.41. The Morgan fingerprint density at radius 3 is 2.15 bits per heavy atom. The van der Waals surface area contributed by atoms with Gasteiger partial charge in [-0.05, 0) is 36.8 Å². The molecular formula is C18H17N3O5S. The third-order valence-electron chi connectivity index (χ3n) is 4.99. The van der Waals surface area contributed by atoms with E-state index in [9.17, 15) is 23.3 Å². The van der Waals surface area contributed by atoms with E-state index in [2.05, 4.69) is 0 Å². The van der Waals surface area contributed by atoms with Crippen LogP contribution in [0.2, 0.25) is 0 Å². The minimum absolute atomic E-state index is 0.0865. The molecule has 2 heterocycles. The Bertz CT molecular complexity index is 1040. The van der Waals surface area contributed by atoms with Crippen LogP contribution < -0.4 is 9.80 Å². The molecule has 2 atom stereocenters. The lowest BCUT2D eigenvalue weighted by Crippen LogP contribution is -2.37. The van der Waals surface area contributed by atoms with E-state index in [-0.39, 0.29) is 23.2 Å². The number of carbonyl (C=O) groups is 1. The maximum Gasteiger partial charge on any atom is 0.329 e. The number of nitrogens with zero attached hydrogens (tertiary/aromatic N) is 3. The van der Waals surface area contributed by atoms with Crippen molar-refractivity contribution < 1.29 is 18.1 Å². The molecule has 2 saturated heterocycles. The van der Waals surface area contributed by atoms with Gasteiger partial charge in [-0.25, -0.2) is 13.2 Å². The smallest absolute Gasteiger partial charge is 0.288 e. The van der Waals surface area contributed by atoms with Gasteiger partial charge in [0.2, 0.25) is 0 Å². The Morgan fingerprint density at radius 2 is 1.59 bits per heavy atom. The number of fused-ring (bicyclic) bond motifs is 1. The summed E-state index contributed by atoms with van der Waals surface area (Å²) in [6.07, 6.45) is 0. The summed E-state index contributed by atoms with van der Waals surface area (Å²) in [7, 11) is -3.29. The Kier molecular flexibility index (Phi) is 3.92. The van der Waals surface area contributed by atoms with Crippen molar-refractivity contribution in [3.8, 4) is 0 Å². The number of amides is 2. The molecule has 0 radical (unpaired) electrons. The van der Waals surface area contributed by atoms with Gasteiger partial charge in [0.15, 0.2) is 9.84 Å². The zero-order valence-corrected chi connectivity index (χ0v) is 15.3. The Balaban J connectivity index is 1.78. The van der Waals surface area contributed by atoms with Gasteiger partial charge in [0, 0.05) is 23.5 Å². The third-order valence-corrected chi connectivity index (χ3v) is 6.69. The van der Waals surface area contributed by atoms with Crippen LogP contribution in [0.4, 0.5) is 21.9 Å². The third kappa shape index (κ3) is 2.93. The van der Waals surface area contributed by atoms with Crippen molar-refractivity contribution in [1.29, 1.82) is 0 Å². The van der Waals surface area contributed by atoms with E-state index in [1.54, 1.807) is 6.07 Å². The van der Waals surface area contributed by atoms with Gasteiger partial charge in [-0.2, -0.15) is 0 Å². The van der Waals surface area contributed by atoms with E-state index in [4.69, 9.17) is 0 Å². The average Bonchev–Trinajstić information content (AvgIpc) is 3.03. The number of nitro groups is 1. The van der Waals surface area contributed by atoms with Crippen LogP contribution in [-0.2, 0) is 9.84 Å². The van der Waals surface area contributed by atoms with Crippen LogP contribution >= 0.6 is 0 Å². The van der Waals surface area contributed by atoms with Gasteiger partial charge in [0.1, 0.15) is 0 Å². The van der Waals surface area contributed by atoms with Crippen molar-refractivity contribution in [2.45, 2.75) is 19.0 Å². The highest BCUT2D eigenvalue weighted by atomic mass is 32.2. The fourth-order valence-corrected chi connectivity index (χ4v) is 5.74. The van der Waals surface area contributed by atoms with Gasteiger partial charge in [-0.1, -0.05) is 12.1 Å². The molecule has 4 rings (SSSR count). The average molecular weight is 387 g/mol. The van der Waals surface area contributed by atoms with Crippen LogP contribution in [0.15, 0.2) is 48.5 Å². The highest BCUT2D eigenvalue weighted by Crippen LogP contribution is 2.38. The van der Waals surface area contributed by atoms with Crippen LogP contribution in [0.1, 0.15) is 5.56 Å². The molecule has 2 aliphatic rings. The van der Waals surface area contributed by atoms with E-state index < -0.39 is 26.8 Å². The van der Waals surface area contributed by atoms with E-state index in [0.29, 0.717) is 11.4 Å². The number of benzene rings is 2. The Hall–Kier alpha value is -2.94. The fraction of sp³-hybridized carbons (Fsp3) is 0.278. The molecule has 0 bridgehead atoms. The first-order chi connectivity index (χ1) is 12.8. The maximum absolute atomic E-state index is 13.2. The van der Waals surface area contributed by atoms with Gasteiger partial charge in [0.05, 0.1) is 28.5 Å². The number of anilines is 2. The summed E-state index contributed by atoms with van der Waals surface area (Å²) in [6, 6.07) is 11.6. The number of carbonyl (C=O) groups excluding carboxylic acids is 1. The molecule has 140 valence electrons. The topological polar surface area (TPSA) is 101 Å². The van der Waals surface area contributed by atoms with E-state index >= 15 is 0 Å². The maximum atomic E-state index is 13.2. The van der Waals surface area contributed by atoms with Gasteiger partial charge in [-0.15, -0.1) is 0 Å². The van der Waals surface area contributed by atoms with E-state index in [0.717, 1.165) is 5.56 Å². The van der Waals surface area contributed by atoms with Crippen molar-refractivity contribution in [2.75, 3.05) is 21.3 Å². The minimum atomic E-state index is -3.29. The van der Waals surface area contributed by atoms with Crippen LogP contribution in [0, 0.1) is 17.0 Å². The second-order valence-electron chi connectivity index (χ2n) is 6.85. The normalized spacial score (nSPS) is 23.5. The van der Waals surface area contributed by atoms with E-state index in [1.165, 1.54) is 34.1 Å². The van der Waals surface area contributed by atoms with Gasteiger partial charge >= 0.3 is 6.03 Å². The molecule has 2 aromatic rings. The molecule has 27 heavy (non-hydrogen) atoms. The van der Waals surface area contributed by atoms with Crippen LogP contribution in [-0.4, -0.2) is 43.0 Å². The second kappa shape index (κ2) is 6.05. The van der Waals surface area contributed by atoms with Crippen molar-refractivity contribution >= 4 is 32.9 Å². The zero-order chi connectivity index (χ0) is 19.3. The standard InChI is InChI=1S/C18H17N3O5S/c1-12-3-2-4-15(9-12)20-17-11-27(25,26)10-16(17)19(18(20)22)13-5-7-14(8-6-13)21(23)24/h2-9,16-17H,10-11H2,1H3/t16-,17-/m0/s1. The Labute approximate surface area is 156 Å². The lowest BCUT2D eigenvalue weighted by Gasteiger charge is -2.23. The summed E-state index contributed by atoms with van der Waals surface area (Å²) >= 11 is 0. The van der Waals surface area contributed by atoms with E-state index in [1.807, 2.05) is 25.1 Å². The summed E-state index contributed by atoms with van der Waals surface area (Å²) in [4.78, 5) is 26.5. The molecule has 8 nitrogen and oxygen atoms in total. The first kappa shape index (κ1) is 17.5. The summed E-state index contributed by atoms with van der Waals surface area (Å²) < 4.78 is 24.5. The molecule has 0 aliphatic carbocycles. The van der Waals surface area contributed by atoms with Crippen molar-refractivity contribution in [2.24, 2.45) is 0 Å². The largest absolute Gasteiger partial charge is 0.329 e. The number of hydrogen-bond donors (Lipinski definition) is 0. The molecule has 0 saturated carbocycles. The molecule has 2 fully saturated rings. The van der Waals surface area contributed by atoms with Crippen LogP contribution in [0.5, 0.6) is 0 Å². The minimum Gasteiger partial charge on any atom is -0.288 e. The molecule has 2 aromatic carbocycles. The lowest BCUT2D eigenvalue weighted by molar-refractivity contribution is -0.384. The molecule has 2 aliphatic heterocycles. The quantitative estimate of drug-likeness (QED) is 0.458. The number of hydrogen-bond acceptors (Lipinski definition) is 5. The number of urea groups is 1. The van der Waals surface area contributed by atoms with Crippen LogP contribution in [0.3, 0.4) is 0 Å². The molecule has 0 spiro atoms. The molecule has 0 unspecified atom stereocenters. The highest BCUT2D eigenvalue weighted by molar-refractivity contribution is 7.91. The predicted molar refractivity (Wildman–Crippen MR) is 101 cm³/mol. The van der Waals surface area contributed by atoms with Gasteiger partial charge in [0.25, 0.3) is 5.69 Å². The number of rotatable bonds is 3. The summed E-state index contributed by atoms with van der Waals surface area (Å²) in [5.74, 6) is -0.219. The monoisotopic (exact) mass is 387 g/mol. The Morgan fingerprint density at radius 1 is 1.00 bits per heavy atom. The van der Waals surface area contributed by atoms with Crippen molar-refractivity contribution in [3.63, 3.8) is 0 Å². The summed E-state index contributed by atoms with van der Waals surface area (Å²) in [6.45, 7) is 1.90. The number of nitro benzene ring substituents is 1. The molecular weight excluding hydrogens is 370 g/mol. The van der Waals surface area contributed by atoms with Gasteiger partial charge in [-0.3, -0.25) is 19.9 Å². The molecule has 9 heteroatoms.